The van der Waals surface area contributed by atoms with E-state index < -0.39 is 15.9 Å². The Morgan fingerprint density at radius 2 is 1.93 bits per heavy atom. The van der Waals surface area contributed by atoms with Crippen molar-refractivity contribution in [3.8, 4) is 0 Å². The number of hydrogen-bond acceptors (Lipinski definition) is 6. The Labute approximate surface area is 157 Å². The van der Waals surface area contributed by atoms with Gasteiger partial charge in [-0.05, 0) is 17.7 Å². The van der Waals surface area contributed by atoms with E-state index in [2.05, 4.69) is 9.88 Å². The summed E-state index contributed by atoms with van der Waals surface area (Å²) >= 11 is 0. The van der Waals surface area contributed by atoms with Crippen LogP contribution in [0.1, 0.15) is 5.56 Å². The van der Waals surface area contributed by atoms with Gasteiger partial charge in [-0.1, -0.05) is 18.2 Å². The Bertz CT molecular complexity index is 946. The molecule has 2 aromatic rings. The molecule has 0 radical (unpaired) electrons. The Balaban J connectivity index is 1.73. The first kappa shape index (κ1) is 19.1. The van der Waals surface area contributed by atoms with Crippen LogP contribution < -0.4 is 10.4 Å². The molecule has 1 aliphatic heterocycles. The summed E-state index contributed by atoms with van der Waals surface area (Å²) in [4.78, 5) is 17.2. The van der Waals surface area contributed by atoms with Gasteiger partial charge in [0.05, 0.1) is 6.33 Å². The summed E-state index contributed by atoms with van der Waals surface area (Å²) in [7, 11) is -1.87. The van der Waals surface area contributed by atoms with Crippen LogP contribution in [0.15, 0.2) is 47.9 Å². The minimum atomic E-state index is -3.60. The minimum absolute atomic E-state index is 0.0526. The van der Waals surface area contributed by atoms with E-state index in [1.54, 1.807) is 23.2 Å². The SMILES string of the molecule is Cn1cnc(S(=O)(=O)N2CCN(c3ccccc3C=CC(=O)NO)CC2)c1. The summed E-state index contributed by atoms with van der Waals surface area (Å²) in [5.41, 5.74) is 3.26. The number of sulfonamides is 1. The highest BCUT2D eigenvalue weighted by Gasteiger charge is 2.30. The van der Waals surface area contributed by atoms with Gasteiger partial charge in [-0.15, -0.1) is 0 Å². The number of anilines is 1. The highest BCUT2D eigenvalue weighted by atomic mass is 32.2. The van der Waals surface area contributed by atoms with Gasteiger partial charge in [0, 0.05) is 51.2 Å². The van der Waals surface area contributed by atoms with E-state index >= 15 is 0 Å². The van der Waals surface area contributed by atoms with Crippen molar-refractivity contribution in [1.29, 1.82) is 0 Å². The maximum Gasteiger partial charge on any atom is 0.267 e. The summed E-state index contributed by atoms with van der Waals surface area (Å²) in [6, 6.07) is 7.50. The summed E-state index contributed by atoms with van der Waals surface area (Å²) in [6.45, 7) is 1.72. The normalized spacial score (nSPS) is 16.0. The summed E-state index contributed by atoms with van der Waals surface area (Å²) < 4.78 is 28.4. The first-order valence-electron chi connectivity index (χ1n) is 8.36. The van der Waals surface area contributed by atoms with Crippen molar-refractivity contribution in [1.82, 2.24) is 19.3 Å². The van der Waals surface area contributed by atoms with Gasteiger partial charge in [0.25, 0.3) is 15.9 Å². The molecule has 0 bridgehead atoms. The third-order valence-electron chi connectivity index (χ3n) is 4.33. The Kier molecular flexibility index (Phi) is 5.59. The van der Waals surface area contributed by atoms with Gasteiger partial charge in [0.1, 0.15) is 0 Å². The average Bonchev–Trinajstić information content (AvgIpc) is 3.13. The second kappa shape index (κ2) is 7.91. The second-order valence-electron chi connectivity index (χ2n) is 6.14. The van der Waals surface area contributed by atoms with Crippen LogP contribution in [0.25, 0.3) is 6.08 Å². The van der Waals surface area contributed by atoms with Crippen molar-refractivity contribution in [2.45, 2.75) is 5.03 Å². The van der Waals surface area contributed by atoms with E-state index in [0.717, 1.165) is 11.3 Å². The number of aryl methyl sites for hydroxylation is 1. The monoisotopic (exact) mass is 391 g/mol. The smallest absolute Gasteiger partial charge is 0.267 e. The predicted molar refractivity (Wildman–Crippen MR) is 99.6 cm³/mol. The number of rotatable bonds is 5. The van der Waals surface area contributed by atoms with E-state index in [4.69, 9.17) is 5.21 Å². The van der Waals surface area contributed by atoms with Crippen LogP contribution in [0, 0.1) is 0 Å². The fourth-order valence-corrected chi connectivity index (χ4v) is 4.33. The highest BCUT2D eigenvalue weighted by molar-refractivity contribution is 7.89. The molecule has 1 aromatic heterocycles. The zero-order valence-electron chi connectivity index (χ0n) is 14.8. The van der Waals surface area contributed by atoms with Crippen LogP contribution in [0.3, 0.4) is 0 Å². The molecule has 9 nitrogen and oxygen atoms in total. The zero-order chi connectivity index (χ0) is 19.4. The van der Waals surface area contributed by atoms with Crippen LogP contribution in [-0.2, 0) is 21.9 Å². The van der Waals surface area contributed by atoms with Gasteiger partial charge in [0.2, 0.25) is 0 Å². The maximum atomic E-state index is 12.7. The quantitative estimate of drug-likeness (QED) is 0.435. The highest BCUT2D eigenvalue weighted by Crippen LogP contribution is 2.24. The van der Waals surface area contributed by atoms with Crippen molar-refractivity contribution in [3.05, 3.63) is 48.4 Å². The number of aromatic nitrogens is 2. The molecule has 2 N–H and O–H groups in total. The number of nitrogens with one attached hydrogen (secondary N) is 1. The molecule has 10 heteroatoms. The molecule has 1 aliphatic rings. The summed E-state index contributed by atoms with van der Waals surface area (Å²) in [5.74, 6) is -0.615. The molecular formula is C17H21N5O4S. The largest absolute Gasteiger partial charge is 0.368 e. The predicted octanol–water partition coefficient (Wildman–Crippen LogP) is 0.450. The fourth-order valence-electron chi connectivity index (χ4n) is 2.94. The molecule has 1 fully saturated rings. The van der Waals surface area contributed by atoms with Gasteiger partial charge in [-0.2, -0.15) is 4.31 Å². The Morgan fingerprint density at radius 3 is 2.56 bits per heavy atom. The van der Waals surface area contributed by atoms with Gasteiger partial charge >= 0.3 is 0 Å². The topological polar surface area (TPSA) is 108 Å². The molecule has 0 atom stereocenters. The minimum Gasteiger partial charge on any atom is -0.368 e. The van der Waals surface area contributed by atoms with Crippen molar-refractivity contribution >= 4 is 27.7 Å². The number of nitrogens with zero attached hydrogens (tertiary/aromatic N) is 4. The lowest BCUT2D eigenvalue weighted by Gasteiger charge is -2.35. The molecule has 27 heavy (non-hydrogen) atoms. The van der Waals surface area contributed by atoms with Crippen molar-refractivity contribution in [2.75, 3.05) is 31.1 Å². The standard InChI is InChI=1S/C17H21N5O4S/c1-20-12-17(18-13-20)27(25,26)22-10-8-21(9-11-22)15-5-3-2-4-14(15)6-7-16(23)19-24/h2-7,12-13,24H,8-11H2,1H3,(H,19,23). The number of carbonyl (C=O) groups excluding carboxylic acids is 1. The van der Waals surface area contributed by atoms with Gasteiger partial charge in [0.15, 0.2) is 5.03 Å². The summed E-state index contributed by atoms with van der Waals surface area (Å²) in [5, 5.41) is 8.65. The number of benzene rings is 1. The Morgan fingerprint density at radius 1 is 1.22 bits per heavy atom. The van der Waals surface area contributed by atoms with Gasteiger partial charge in [-0.3, -0.25) is 10.0 Å². The number of imidazole rings is 1. The molecule has 1 saturated heterocycles. The van der Waals surface area contributed by atoms with Crippen molar-refractivity contribution in [3.63, 3.8) is 0 Å². The number of hydroxylamine groups is 1. The molecule has 1 aromatic carbocycles. The summed E-state index contributed by atoms with van der Waals surface area (Å²) in [6.07, 6.45) is 5.81. The molecule has 3 rings (SSSR count). The molecule has 2 heterocycles. The average molecular weight is 391 g/mol. The fraction of sp³-hybridized carbons (Fsp3) is 0.294. The molecule has 0 unspecified atom stereocenters. The number of piperazine rings is 1. The first-order chi connectivity index (χ1) is 12.9. The Hall–Kier alpha value is -2.69. The lowest BCUT2D eigenvalue weighted by Crippen LogP contribution is -2.48. The third kappa shape index (κ3) is 4.18. The number of amides is 1. The van der Waals surface area contributed by atoms with Gasteiger partial charge in [-0.25, -0.2) is 18.9 Å². The van der Waals surface area contributed by atoms with E-state index in [0.29, 0.717) is 26.2 Å². The van der Waals surface area contributed by atoms with E-state index in [9.17, 15) is 13.2 Å². The van der Waals surface area contributed by atoms with Gasteiger partial charge < -0.3 is 9.47 Å². The number of para-hydroxylation sites is 1. The molecular weight excluding hydrogens is 370 g/mol. The second-order valence-corrected chi connectivity index (χ2v) is 8.02. The number of hydrogen-bond donors (Lipinski definition) is 2. The van der Waals surface area contributed by atoms with Crippen LogP contribution >= 0.6 is 0 Å². The van der Waals surface area contributed by atoms with E-state index in [-0.39, 0.29) is 5.03 Å². The van der Waals surface area contributed by atoms with Crippen LogP contribution in [0.4, 0.5) is 5.69 Å². The number of carbonyl (C=O) groups is 1. The molecule has 0 spiro atoms. The van der Waals surface area contributed by atoms with Crippen LogP contribution in [-0.4, -0.2) is 59.6 Å². The van der Waals surface area contributed by atoms with Crippen molar-refractivity contribution < 1.29 is 18.4 Å². The lowest BCUT2D eigenvalue weighted by molar-refractivity contribution is -0.124. The lowest BCUT2D eigenvalue weighted by atomic mass is 10.1. The third-order valence-corrected chi connectivity index (χ3v) is 6.11. The van der Waals surface area contributed by atoms with E-state index in [1.165, 1.54) is 22.9 Å². The zero-order valence-corrected chi connectivity index (χ0v) is 15.6. The maximum absolute atomic E-state index is 12.7. The molecule has 0 aliphatic carbocycles. The first-order valence-corrected chi connectivity index (χ1v) is 9.80. The van der Waals surface area contributed by atoms with E-state index in [1.807, 2.05) is 24.3 Å². The van der Waals surface area contributed by atoms with Crippen LogP contribution in [0.2, 0.25) is 0 Å². The van der Waals surface area contributed by atoms with Crippen LogP contribution in [0.5, 0.6) is 0 Å². The molecule has 1 amide bonds. The molecule has 144 valence electrons. The molecule has 0 saturated carbocycles. The van der Waals surface area contributed by atoms with Crippen molar-refractivity contribution in [2.24, 2.45) is 7.05 Å².